The summed E-state index contributed by atoms with van der Waals surface area (Å²) >= 11 is 1.85. The third-order valence-electron chi connectivity index (χ3n) is 3.22. The molecule has 1 N–H and O–H groups in total. The van der Waals surface area contributed by atoms with E-state index in [1.54, 1.807) is 0 Å². The summed E-state index contributed by atoms with van der Waals surface area (Å²) in [6, 6.07) is 2.80. The maximum absolute atomic E-state index is 5.74. The molecule has 1 aliphatic heterocycles. The van der Waals surface area contributed by atoms with Crippen molar-refractivity contribution in [3.05, 3.63) is 21.9 Å². The second kappa shape index (κ2) is 5.30. The number of nitrogens with one attached hydrogen (secondary N) is 1. The SMILES string of the molecule is Cc1ccsc1CNC1CC(C)OC(C)C1. The van der Waals surface area contributed by atoms with Crippen LogP contribution in [0.25, 0.3) is 0 Å². The van der Waals surface area contributed by atoms with E-state index in [2.05, 4.69) is 37.5 Å². The number of aryl methyl sites for hydroxylation is 1. The van der Waals surface area contributed by atoms with E-state index in [1.165, 1.54) is 10.4 Å². The van der Waals surface area contributed by atoms with Crippen LogP contribution in [-0.2, 0) is 11.3 Å². The second-order valence-electron chi connectivity index (χ2n) is 4.83. The molecule has 0 aliphatic carbocycles. The van der Waals surface area contributed by atoms with Crippen LogP contribution in [0, 0.1) is 6.92 Å². The van der Waals surface area contributed by atoms with Crippen molar-refractivity contribution in [1.82, 2.24) is 5.32 Å². The van der Waals surface area contributed by atoms with E-state index in [0.717, 1.165) is 19.4 Å². The summed E-state index contributed by atoms with van der Waals surface area (Å²) in [7, 11) is 0. The monoisotopic (exact) mass is 239 g/mol. The highest BCUT2D eigenvalue weighted by molar-refractivity contribution is 7.10. The first-order valence-electron chi connectivity index (χ1n) is 6.07. The molecule has 2 heterocycles. The molecule has 2 unspecified atom stereocenters. The topological polar surface area (TPSA) is 21.3 Å². The Labute approximate surface area is 102 Å². The summed E-state index contributed by atoms with van der Waals surface area (Å²) in [4.78, 5) is 1.46. The molecule has 0 spiro atoms. The van der Waals surface area contributed by atoms with Gasteiger partial charge in [0.05, 0.1) is 12.2 Å². The summed E-state index contributed by atoms with van der Waals surface area (Å²) in [6.45, 7) is 7.53. The van der Waals surface area contributed by atoms with Gasteiger partial charge in [0.15, 0.2) is 0 Å². The van der Waals surface area contributed by atoms with Gasteiger partial charge in [-0.05, 0) is 50.6 Å². The molecule has 3 heteroatoms. The minimum absolute atomic E-state index is 0.394. The minimum atomic E-state index is 0.394. The molecule has 2 atom stereocenters. The molecule has 0 radical (unpaired) electrons. The summed E-state index contributed by atoms with van der Waals surface area (Å²) in [5, 5.41) is 5.82. The molecule has 1 fully saturated rings. The first kappa shape index (κ1) is 12.1. The molecular formula is C13H21NOS. The zero-order chi connectivity index (χ0) is 11.5. The molecule has 1 saturated heterocycles. The van der Waals surface area contributed by atoms with Gasteiger partial charge < -0.3 is 10.1 Å². The maximum atomic E-state index is 5.74. The number of hydrogen-bond donors (Lipinski definition) is 1. The van der Waals surface area contributed by atoms with Gasteiger partial charge in [-0.25, -0.2) is 0 Å². The smallest absolute Gasteiger partial charge is 0.0565 e. The largest absolute Gasteiger partial charge is 0.375 e. The van der Waals surface area contributed by atoms with E-state index < -0.39 is 0 Å². The van der Waals surface area contributed by atoms with Gasteiger partial charge in [-0.3, -0.25) is 0 Å². The highest BCUT2D eigenvalue weighted by atomic mass is 32.1. The van der Waals surface area contributed by atoms with Gasteiger partial charge in [0.2, 0.25) is 0 Å². The summed E-state index contributed by atoms with van der Waals surface area (Å²) < 4.78 is 5.74. The molecule has 2 nitrogen and oxygen atoms in total. The molecule has 0 amide bonds. The molecule has 90 valence electrons. The van der Waals surface area contributed by atoms with Gasteiger partial charge in [0.25, 0.3) is 0 Å². The van der Waals surface area contributed by atoms with Crippen molar-refractivity contribution in [1.29, 1.82) is 0 Å². The Morgan fingerprint density at radius 2 is 2.06 bits per heavy atom. The lowest BCUT2D eigenvalue weighted by Crippen LogP contribution is -2.40. The lowest BCUT2D eigenvalue weighted by molar-refractivity contribution is -0.0422. The van der Waals surface area contributed by atoms with E-state index in [1.807, 2.05) is 11.3 Å². The van der Waals surface area contributed by atoms with Gasteiger partial charge in [0, 0.05) is 17.5 Å². The summed E-state index contributed by atoms with van der Waals surface area (Å²) in [6.07, 6.45) is 3.06. The lowest BCUT2D eigenvalue weighted by Gasteiger charge is -2.32. The standard InChI is InChI=1S/C13H21NOS/c1-9-4-5-16-13(9)8-14-12-6-10(2)15-11(3)7-12/h4-5,10-12,14H,6-8H2,1-3H3. The number of rotatable bonds is 3. The average Bonchev–Trinajstić information content (AvgIpc) is 2.59. The highest BCUT2D eigenvalue weighted by Crippen LogP contribution is 2.21. The number of ether oxygens (including phenoxy) is 1. The van der Waals surface area contributed by atoms with Crippen LogP contribution in [-0.4, -0.2) is 18.2 Å². The van der Waals surface area contributed by atoms with Gasteiger partial charge in [-0.2, -0.15) is 0 Å². The molecule has 1 aromatic rings. The van der Waals surface area contributed by atoms with Gasteiger partial charge in [-0.1, -0.05) is 0 Å². The van der Waals surface area contributed by atoms with Crippen molar-refractivity contribution in [3.8, 4) is 0 Å². The van der Waals surface area contributed by atoms with Crippen LogP contribution in [0.15, 0.2) is 11.4 Å². The number of hydrogen-bond acceptors (Lipinski definition) is 3. The Balaban J connectivity index is 1.84. The first-order valence-corrected chi connectivity index (χ1v) is 6.95. The van der Waals surface area contributed by atoms with Gasteiger partial charge >= 0.3 is 0 Å². The third kappa shape index (κ3) is 3.06. The summed E-state index contributed by atoms with van der Waals surface area (Å²) in [5.74, 6) is 0. The lowest BCUT2D eigenvalue weighted by atomic mass is 10.00. The van der Waals surface area contributed by atoms with E-state index in [-0.39, 0.29) is 0 Å². The van der Waals surface area contributed by atoms with Crippen LogP contribution in [0.3, 0.4) is 0 Å². The Bertz CT molecular complexity index is 326. The van der Waals surface area contributed by atoms with Crippen LogP contribution in [0.5, 0.6) is 0 Å². The molecule has 16 heavy (non-hydrogen) atoms. The summed E-state index contributed by atoms with van der Waals surface area (Å²) in [5.41, 5.74) is 1.41. The molecule has 2 rings (SSSR count). The maximum Gasteiger partial charge on any atom is 0.0565 e. The Morgan fingerprint density at radius 1 is 1.38 bits per heavy atom. The van der Waals surface area contributed by atoms with E-state index in [4.69, 9.17) is 4.74 Å². The van der Waals surface area contributed by atoms with Gasteiger partial charge in [0.1, 0.15) is 0 Å². The molecule has 0 bridgehead atoms. The Kier molecular flexibility index (Phi) is 4.00. The second-order valence-corrected chi connectivity index (χ2v) is 5.83. The fraction of sp³-hybridized carbons (Fsp3) is 0.692. The van der Waals surface area contributed by atoms with E-state index in [9.17, 15) is 0 Å². The molecule has 1 aliphatic rings. The molecule has 1 aromatic heterocycles. The van der Waals surface area contributed by atoms with E-state index in [0.29, 0.717) is 18.2 Å². The van der Waals surface area contributed by atoms with E-state index >= 15 is 0 Å². The minimum Gasteiger partial charge on any atom is -0.375 e. The Hall–Kier alpha value is -0.380. The third-order valence-corrected chi connectivity index (χ3v) is 4.24. The van der Waals surface area contributed by atoms with Crippen molar-refractivity contribution in [3.63, 3.8) is 0 Å². The fourth-order valence-electron chi connectivity index (χ4n) is 2.39. The number of thiophene rings is 1. The normalized spacial score (nSPS) is 30.6. The fourth-order valence-corrected chi connectivity index (χ4v) is 3.25. The van der Waals surface area contributed by atoms with Crippen molar-refractivity contribution in [2.75, 3.05) is 0 Å². The predicted octanol–water partition coefficient (Wildman–Crippen LogP) is 3.10. The van der Waals surface area contributed by atoms with Gasteiger partial charge in [-0.15, -0.1) is 11.3 Å². The van der Waals surface area contributed by atoms with Crippen molar-refractivity contribution >= 4 is 11.3 Å². The molecular weight excluding hydrogens is 218 g/mol. The first-order chi connectivity index (χ1) is 7.65. The van der Waals surface area contributed by atoms with Crippen molar-refractivity contribution < 1.29 is 4.74 Å². The molecule has 0 saturated carbocycles. The highest BCUT2D eigenvalue weighted by Gasteiger charge is 2.23. The molecule has 0 aromatic carbocycles. The van der Waals surface area contributed by atoms with Crippen LogP contribution < -0.4 is 5.32 Å². The predicted molar refractivity (Wildman–Crippen MR) is 68.9 cm³/mol. The Morgan fingerprint density at radius 3 is 2.62 bits per heavy atom. The van der Waals surface area contributed by atoms with Crippen LogP contribution in [0.4, 0.5) is 0 Å². The zero-order valence-corrected chi connectivity index (χ0v) is 11.1. The van der Waals surface area contributed by atoms with Crippen LogP contribution in [0.1, 0.15) is 37.1 Å². The quantitative estimate of drug-likeness (QED) is 0.875. The zero-order valence-electron chi connectivity index (χ0n) is 10.3. The van der Waals surface area contributed by atoms with Crippen molar-refractivity contribution in [2.45, 2.75) is 58.4 Å². The van der Waals surface area contributed by atoms with Crippen molar-refractivity contribution in [2.24, 2.45) is 0 Å². The average molecular weight is 239 g/mol. The van der Waals surface area contributed by atoms with Crippen LogP contribution >= 0.6 is 11.3 Å². The van der Waals surface area contributed by atoms with Crippen LogP contribution in [0.2, 0.25) is 0 Å².